The van der Waals surface area contributed by atoms with Gasteiger partial charge in [-0.2, -0.15) is 0 Å². The van der Waals surface area contributed by atoms with E-state index in [1.54, 1.807) is 0 Å². The van der Waals surface area contributed by atoms with Crippen LogP contribution in [0.25, 0.3) is 0 Å². The summed E-state index contributed by atoms with van der Waals surface area (Å²) in [6.07, 6.45) is 2.27. The fraction of sp³-hybridized carbons (Fsp3) is 0.600. The van der Waals surface area contributed by atoms with Gasteiger partial charge in [0.15, 0.2) is 0 Å². The van der Waals surface area contributed by atoms with Crippen molar-refractivity contribution < 1.29 is 5.11 Å². The van der Waals surface area contributed by atoms with Crippen LogP contribution in [0.2, 0.25) is 0 Å². The highest BCUT2D eigenvalue weighted by Crippen LogP contribution is 2.32. The van der Waals surface area contributed by atoms with E-state index in [-0.39, 0.29) is 0 Å². The third-order valence-corrected chi connectivity index (χ3v) is 3.05. The Morgan fingerprint density at radius 1 is 1.00 bits per heavy atom. The molecule has 0 aromatic heterocycles. The molecule has 0 aliphatic carbocycles. The Bertz CT molecular complexity index is 321. The number of phenols is 1. The van der Waals surface area contributed by atoms with Crippen LogP contribution < -0.4 is 0 Å². The summed E-state index contributed by atoms with van der Waals surface area (Å²) in [6, 6.07) is 3.86. The molecule has 0 fully saturated rings. The molecule has 1 heteroatoms. The predicted molar refractivity (Wildman–Crippen MR) is 70.3 cm³/mol. The Morgan fingerprint density at radius 2 is 1.44 bits per heavy atom. The standard InChI is InChI=1S/C15H24O/c1-6-7-13-14(10(2)3)8-12(16)9-15(13)11(4)5/h8-11,16H,6-7H2,1-5H3. The van der Waals surface area contributed by atoms with Gasteiger partial charge in [-0.1, -0.05) is 41.0 Å². The molecule has 0 heterocycles. The lowest BCUT2D eigenvalue weighted by atomic mass is 9.86. The molecule has 0 bridgehead atoms. The SMILES string of the molecule is CCCc1c(C(C)C)cc(O)cc1C(C)C. The lowest BCUT2D eigenvalue weighted by molar-refractivity contribution is 0.472. The molecule has 0 amide bonds. The van der Waals surface area contributed by atoms with Crippen molar-refractivity contribution in [2.45, 2.75) is 59.3 Å². The van der Waals surface area contributed by atoms with E-state index in [1.807, 2.05) is 12.1 Å². The summed E-state index contributed by atoms with van der Waals surface area (Å²) < 4.78 is 0. The molecule has 0 saturated carbocycles. The highest BCUT2D eigenvalue weighted by atomic mass is 16.3. The Hall–Kier alpha value is -0.980. The van der Waals surface area contributed by atoms with E-state index in [2.05, 4.69) is 34.6 Å². The molecule has 0 radical (unpaired) electrons. The van der Waals surface area contributed by atoms with Gasteiger partial charge in [0.2, 0.25) is 0 Å². The Kier molecular flexibility index (Phi) is 4.40. The zero-order valence-electron chi connectivity index (χ0n) is 11.2. The Labute approximate surface area is 99.5 Å². The summed E-state index contributed by atoms with van der Waals surface area (Å²) in [4.78, 5) is 0. The molecule has 0 spiro atoms. The van der Waals surface area contributed by atoms with Crippen molar-refractivity contribution in [2.24, 2.45) is 0 Å². The minimum Gasteiger partial charge on any atom is -0.508 e. The van der Waals surface area contributed by atoms with Crippen molar-refractivity contribution in [3.05, 3.63) is 28.8 Å². The monoisotopic (exact) mass is 220 g/mol. The second-order valence-corrected chi connectivity index (χ2v) is 5.16. The van der Waals surface area contributed by atoms with Crippen LogP contribution in [0.15, 0.2) is 12.1 Å². The largest absolute Gasteiger partial charge is 0.508 e. The highest BCUT2D eigenvalue weighted by Gasteiger charge is 2.14. The number of phenolic OH excluding ortho intramolecular Hbond substituents is 1. The molecule has 1 aromatic rings. The second-order valence-electron chi connectivity index (χ2n) is 5.16. The summed E-state index contributed by atoms with van der Waals surface area (Å²) in [5, 5.41) is 9.78. The smallest absolute Gasteiger partial charge is 0.116 e. The lowest BCUT2D eigenvalue weighted by Gasteiger charge is -2.20. The quantitative estimate of drug-likeness (QED) is 0.786. The fourth-order valence-corrected chi connectivity index (χ4v) is 2.27. The molecule has 0 atom stereocenters. The maximum absolute atomic E-state index is 9.78. The van der Waals surface area contributed by atoms with E-state index in [4.69, 9.17) is 0 Å². The second kappa shape index (κ2) is 5.38. The third-order valence-electron chi connectivity index (χ3n) is 3.05. The van der Waals surface area contributed by atoms with Gasteiger partial charge >= 0.3 is 0 Å². The molecule has 1 N–H and O–H groups in total. The van der Waals surface area contributed by atoms with Crippen LogP contribution in [0.3, 0.4) is 0 Å². The molecule has 0 unspecified atom stereocenters. The van der Waals surface area contributed by atoms with E-state index < -0.39 is 0 Å². The predicted octanol–water partition coefficient (Wildman–Crippen LogP) is 4.59. The van der Waals surface area contributed by atoms with E-state index >= 15 is 0 Å². The van der Waals surface area contributed by atoms with E-state index in [9.17, 15) is 5.11 Å². The van der Waals surface area contributed by atoms with E-state index in [0.29, 0.717) is 17.6 Å². The minimum atomic E-state index is 0.409. The van der Waals surface area contributed by atoms with Crippen LogP contribution in [0, 0.1) is 0 Å². The summed E-state index contributed by atoms with van der Waals surface area (Å²) >= 11 is 0. The van der Waals surface area contributed by atoms with Crippen LogP contribution in [-0.4, -0.2) is 5.11 Å². The first-order valence-electron chi connectivity index (χ1n) is 6.33. The van der Waals surface area contributed by atoms with Gasteiger partial charge in [0.05, 0.1) is 0 Å². The molecule has 0 aliphatic heterocycles. The first-order chi connectivity index (χ1) is 7.47. The number of rotatable bonds is 4. The average molecular weight is 220 g/mol. The third kappa shape index (κ3) is 2.78. The molecule has 16 heavy (non-hydrogen) atoms. The topological polar surface area (TPSA) is 20.2 Å². The van der Waals surface area contributed by atoms with E-state index in [1.165, 1.54) is 16.7 Å². The maximum Gasteiger partial charge on any atom is 0.116 e. The molecular formula is C15H24O. The minimum absolute atomic E-state index is 0.409. The molecular weight excluding hydrogens is 196 g/mol. The molecule has 0 aliphatic rings. The van der Waals surface area contributed by atoms with Crippen LogP contribution in [-0.2, 0) is 6.42 Å². The van der Waals surface area contributed by atoms with Gasteiger partial charge in [-0.15, -0.1) is 0 Å². The summed E-state index contributed by atoms with van der Waals surface area (Å²) in [7, 11) is 0. The van der Waals surface area contributed by atoms with Crippen molar-refractivity contribution >= 4 is 0 Å². The molecule has 1 aromatic carbocycles. The van der Waals surface area contributed by atoms with Crippen LogP contribution in [0.1, 0.15) is 69.6 Å². The zero-order valence-corrected chi connectivity index (χ0v) is 11.2. The molecule has 90 valence electrons. The summed E-state index contributed by atoms with van der Waals surface area (Å²) in [5.74, 6) is 1.37. The number of hydrogen-bond donors (Lipinski definition) is 1. The summed E-state index contributed by atoms with van der Waals surface area (Å²) in [6.45, 7) is 11.0. The van der Waals surface area contributed by atoms with Gasteiger partial charge in [-0.3, -0.25) is 0 Å². The van der Waals surface area contributed by atoms with Crippen LogP contribution in [0.5, 0.6) is 5.75 Å². The molecule has 0 saturated heterocycles. The normalized spacial score (nSPS) is 11.4. The molecule has 1 rings (SSSR count). The Morgan fingerprint density at radius 3 is 1.75 bits per heavy atom. The van der Waals surface area contributed by atoms with E-state index in [0.717, 1.165) is 12.8 Å². The number of aromatic hydroxyl groups is 1. The van der Waals surface area contributed by atoms with Crippen molar-refractivity contribution in [2.75, 3.05) is 0 Å². The lowest BCUT2D eigenvalue weighted by Crippen LogP contribution is -2.03. The van der Waals surface area contributed by atoms with Crippen LogP contribution in [0.4, 0.5) is 0 Å². The van der Waals surface area contributed by atoms with Gasteiger partial charge in [0, 0.05) is 0 Å². The average Bonchev–Trinajstić information content (AvgIpc) is 2.19. The van der Waals surface area contributed by atoms with Crippen molar-refractivity contribution in [1.82, 2.24) is 0 Å². The first-order valence-corrected chi connectivity index (χ1v) is 6.33. The number of hydrogen-bond acceptors (Lipinski definition) is 1. The highest BCUT2D eigenvalue weighted by molar-refractivity contribution is 5.44. The first kappa shape index (κ1) is 13.1. The van der Waals surface area contributed by atoms with Gasteiger partial charge in [-0.05, 0) is 47.1 Å². The number of benzene rings is 1. The fourth-order valence-electron chi connectivity index (χ4n) is 2.27. The molecule has 1 nitrogen and oxygen atoms in total. The van der Waals surface area contributed by atoms with Gasteiger partial charge in [-0.25, -0.2) is 0 Å². The van der Waals surface area contributed by atoms with Crippen molar-refractivity contribution in [1.29, 1.82) is 0 Å². The van der Waals surface area contributed by atoms with Crippen LogP contribution >= 0.6 is 0 Å². The van der Waals surface area contributed by atoms with Gasteiger partial charge < -0.3 is 5.11 Å². The Balaban J connectivity index is 3.35. The van der Waals surface area contributed by atoms with Gasteiger partial charge in [0.1, 0.15) is 5.75 Å². The van der Waals surface area contributed by atoms with Crippen molar-refractivity contribution in [3.63, 3.8) is 0 Å². The van der Waals surface area contributed by atoms with Crippen molar-refractivity contribution in [3.8, 4) is 5.75 Å². The van der Waals surface area contributed by atoms with Gasteiger partial charge in [0.25, 0.3) is 0 Å². The summed E-state index contributed by atoms with van der Waals surface area (Å²) in [5.41, 5.74) is 4.07. The maximum atomic E-state index is 9.78. The zero-order chi connectivity index (χ0) is 12.3.